The molecule has 2 aromatic carbocycles. The molecule has 2 aromatic rings. The fourth-order valence-corrected chi connectivity index (χ4v) is 2.82. The molecule has 0 bridgehead atoms. The van der Waals surface area contributed by atoms with E-state index in [1.807, 2.05) is 0 Å². The molecule has 1 heterocycles. The Balaban J connectivity index is 2.02. The molecular weight excluding hydrogens is 242 g/mol. The van der Waals surface area contributed by atoms with Crippen molar-refractivity contribution in [1.29, 1.82) is 0 Å². The van der Waals surface area contributed by atoms with Crippen LogP contribution in [0, 0.1) is 0 Å². The largest absolute Gasteiger partial charge is 0.348 e. The lowest BCUT2D eigenvalue weighted by Gasteiger charge is -2.14. The second-order valence-corrected chi connectivity index (χ2v) is 5.93. The second kappa shape index (κ2) is 4.82. The number of fused-ring (bicyclic) bond motifs is 1. The van der Waals surface area contributed by atoms with Crippen molar-refractivity contribution in [2.75, 3.05) is 11.9 Å². The van der Waals surface area contributed by atoms with E-state index >= 15 is 0 Å². The standard InChI is InChI=1S/C19H21N/c1-13(2)15-6-5-7-16(11-15)17-8-9-19-18(12-17)10-14(3)20(19)4/h5-9,11-13H,3,10H2,1-2,4H3. The molecule has 0 unspecified atom stereocenters. The highest BCUT2D eigenvalue weighted by atomic mass is 15.1. The molecule has 0 saturated heterocycles. The van der Waals surface area contributed by atoms with Gasteiger partial charge in [-0.2, -0.15) is 0 Å². The molecule has 102 valence electrons. The molecule has 1 aliphatic heterocycles. The third-order valence-corrected chi connectivity index (χ3v) is 4.20. The number of nitrogens with zero attached hydrogens (tertiary/aromatic N) is 1. The highest BCUT2D eigenvalue weighted by molar-refractivity contribution is 5.73. The molecule has 0 aliphatic carbocycles. The number of rotatable bonds is 2. The molecule has 1 nitrogen and oxygen atoms in total. The van der Waals surface area contributed by atoms with Gasteiger partial charge in [0.25, 0.3) is 0 Å². The van der Waals surface area contributed by atoms with Gasteiger partial charge in [0.05, 0.1) is 0 Å². The van der Waals surface area contributed by atoms with E-state index in [-0.39, 0.29) is 0 Å². The smallest absolute Gasteiger partial charge is 0.0442 e. The lowest BCUT2D eigenvalue weighted by molar-refractivity contribution is 0.867. The van der Waals surface area contributed by atoms with Crippen molar-refractivity contribution >= 4 is 5.69 Å². The van der Waals surface area contributed by atoms with Crippen molar-refractivity contribution in [2.45, 2.75) is 26.2 Å². The first-order chi connectivity index (χ1) is 9.56. The van der Waals surface area contributed by atoms with Crippen LogP contribution in [-0.2, 0) is 6.42 Å². The zero-order valence-corrected chi connectivity index (χ0v) is 12.5. The Hall–Kier alpha value is -2.02. The van der Waals surface area contributed by atoms with Crippen LogP contribution in [0.1, 0.15) is 30.9 Å². The summed E-state index contributed by atoms with van der Waals surface area (Å²) >= 11 is 0. The predicted octanol–water partition coefficient (Wildman–Crippen LogP) is 4.98. The van der Waals surface area contributed by atoms with Crippen LogP contribution in [0.4, 0.5) is 5.69 Å². The van der Waals surface area contributed by atoms with Crippen molar-refractivity contribution < 1.29 is 0 Å². The number of hydrogen-bond donors (Lipinski definition) is 0. The number of allylic oxidation sites excluding steroid dienone is 1. The molecule has 1 heteroatoms. The number of benzene rings is 2. The number of hydrogen-bond acceptors (Lipinski definition) is 1. The summed E-state index contributed by atoms with van der Waals surface area (Å²) in [4.78, 5) is 2.18. The van der Waals surface area contributed by atoms with Gasteiger partial charge in [-0.3, -0.25) is 0 Å². The van der Waals surface area contributed by atoms with Gasteiger partial charge in [0, 0.05) is 24.9 Å². The maximum absolute atomic E-state index is 4.12. The minimum atomic E-state index is 0.565. The molecule has 20 heavy (non-hydrogen) atoms. The van der Waals surface area contributed by atoms with E-state index in [1.165, 1.54) is 33.6 Å². The lowest BCUT2D eigenvalue weighted by atomic mass is 9.96. The van der Waals surface area contributed by atoms with Crippen molar-refractivity contribution in [3.63, 3.8) is 0 Å². The Morgan fingerprint density at radius 1 is 1.05 bits per heavy atom. The summed E-state index contributed by atoms with van der Waals surface area (Å²) in [6.07, 6.45) is 0.962. The van der Waals surface area contributed by atoms with Crippen LogP contribution in [0.5, 0.6) is 0 Å². The summed E-state index contributed by atoms with van der Waals surface area (Å²) in [7, 11) is 2.09. The molecule has 1 aliphatic rings. The molecule has 3 rings (SSSR count). The van der Waals surface area contributed by atoms with Gasteiger partial charge in [-0.25, -0.2) is 0 Å². The van der Waals surface area contributed by atoms with E-state index in [9.17, 15) is 0 Å². The fraction of sp³-hybridized carbons (Fsp3) is 0.263. The van der Waals surface area contributed by atoms with Crippen molar-refractivity contribution in [2.24, 2.45) is 0 Å². The average molecular weight is 263 g/mol. The zero-order valence-electron chi connectivity index (χ0n) is 12.5. The molecule has 0 saturated carbocycles. The van der Waals surface area contributed by atoms with Crippen LogP contribution in [0.3, 0.4) is 0 Å². The molecule has 0 fully saturated rings. The van der Waals surface area contributed by atoms with Gasteiger partial charge < -0.3 is 4.90 Å². The third-order valence-electron chi connectivity index (χ3n) is 4.20. The molecular formula is C19H21N. The predicted molar refractivity (Wildman–Crippen MR) is 87.2 cm³/mol. The van der Waals surface area contributed by atoms with Gasteiger partial charge in [0.1, 0.15) is 0 Å². The highest BCUT2D eigenvalue weighted by Gasteiger charge is 2.19. The molecule has 0 radical (unpaired) electrons. The van der Waals surface area contributed by atoms with Gasteiger partial charge in [-0.05, 0) is 40.3 Å². The van der Waals surface area contributed by atoms with Crippen molar-refractivity contribution in [1.82, 2.24) is 0 Å². The Morgan fingerprint density at radius 2 is 1.80 bits per heavy atom. The maximum Gasteiger partial charge on any atom is 0.0442 e. The first-order valence-corrected chi connectivity index (χ1v) is 7.21. The van der Waals surface area contributed by atoms with E-state index < -0.39 is 0 Å². The zero-order chi connectivity index (χ0) is 14.3. The Labute approximate surface area is 121 Å². The first kappa shape index (κ1) is 13.0. The van der Waals surface area contributed by atoms with Crippen LogP contribution >= 0.6 is 0 Å². The van der Waals surface area contributed by atoms with Crippen molar-refractivity contribution in [3.05, 3.63) is 65.9 Å². The summed E-state index contributed by atoms with van der Waals surface area (Å²) in [6.45, 7) is 8.59. The summed E-state index contributed by atoms with van der Waals surface area (Å²) in [5, 5.41) is 0. The minimum absolute atomic E-state index is 0.565. The third kappa shape index (κ3) is 2.14. The van der Waals surface area contributed by atoms with E-state index in [1.54, 1.807) is 0 Å². The van der Waals surface area contributed by atoms with E-state index in [2.05, 4.69) is 74.8 Å². The Morgan fingerprint density at radius 3 is 2.55 bits per heavy atom. The Bertz CT molecular complexity index is 667. The summed E-state index contributed by atoms with van der Waals surface area (Å²) in [5.41, 5.74) is 7.84. The molecule has 0 amide bonds. The molecule has 0 aromatic heterocycles. The topological polar surface area (TPSA) is 3.24 Å². The quantitative estimate of drug-likeness (QED) is 0.738. The van der Waals surface area contributed by atoms with Crippen LogP contribution in [-0.4, -0.2) is 7.05 Å². The second-order valence-electron chi connectivity index (χ2n) is 5.93. The molecule has 0 atom stereocenters. The van der Waals surface area contributed by atoms with Crippen LogP contribution < -0.4 is 4.90 Å². The maximum atomic E-state index is 4.12. The normalized spacial score (nSPS) is 14.0. The van der Waals surface area contributed by atoms with Crippen molar-refractivity contribution in [3.8, 4) is 11.1 Å². The number of likely N-dealkylation sites (N-methyl/N-ethyl adjacent to an activating group) is 1. The minimum Gasteiger partial charge on any atom is -0.348 e. The molecule has 0 N–H and O–H groups in total. The van der Waals surface area contributed by atoms with E-state index in [4.69, 9.17) is 0 Å². The highest BCUT2D eigenvalue weighted by Crippen LogP contribution is 2.35. The van der Waals surface area contributed by atoms with Crippen LogP contribution in [0.15, 0.2) is 54.7 Å². The number of anilines is 1. The first-order valence-electron chi connectivity index (χ1n) is 7.21. The molecule has 0 spiro atoms. The monoisotopic (exact) mass is 263 g/mol. The fourth-order valence-electron chi connectivity index (χ4n) is 2.82. The Kier molecular flexibility index (Phi) is 3.13. The summed E-state index contributed by atoms with van der Waals surface area (Å²) in [6, 6.07) is 15.6. The summed E-state index contributed by atoms with van der Waals surface area (Å²) < 4.78 is 0. The van der Waals surface area contributed by atoms with Gasteiger partial charge in [-0.1, -0.05) is 50.8 Å². The SMILES string of the molecule is C=C1Cc2cc(-c3cccc(C(C)C)c3)ccc2N1C. The average Bonchev–Trinajstić information content (AvgIpc) is 2.74. The van der Waals surface area contributed by atoms with Gasteiger partial charge >= 0.3 is 0 Å². The lowest BCUT2D eigenvalue weighted by Crippen LogP contribution is -2.09. The van der Waals surface area contributed by atoms with Crippen LogP contribution in [0.25, 0.3) is 11.1 Å². The van der Waals surface area contributed by atoms with E-state index in [0.717, 1.165) is 6.42 Å². The van der Waals surface area contributed by atoms with Crippen LogP contribution in [0.2, 0.25) is 0 Å². The van der Waals surface area contributed by atoms with E-state index in [0.29, 0.717) is 5.92 Å². The van der Waals surface area contributed by atoms with Gasteiger partial charge in [0.15, 0.2) is 0 Å². The van der Waals surface area contributed by atoms with Gasteiger partial charge in [-0.15, -0.1) is 0 Å². The van der Waals surface area contributed by atoms with Gasteiger partial charge in [0.2, 0.25) is 0 Å². The summed E-state index contributed by atoms with van der Waals surface area (Å²) in [5.74, 6) is 0.565.